The van der Waals surface area contributed by atoms with Crippen LogP contribution in [0.1, 0.15) is 12.8 Å². The summed E-state index contributed by atoms with van der Waals surface area (Å²) in [5, 5.41) is 9.02. The molecule has 2 bridgehead atoms. The van der Waals surface area contributed by atoms with Crippen molar-refractivity contribution in [3.05, 3.63) is 0 Å². The lowest BCUT2D eigenvalue weighted by molar-refractivity contribution is -0.156. The van der Waals surface area contributed by atoms with Gasteiger partial charge in [0.25, 0.3) is 0 Å². The maximum Gasteiger partial charge on any atom is 0.401 e. The second-order valence-electron chi connectivity index (χ2n) is 4.15. The van der Waals surface area contributed by atoms with E-state index < -0.39 is 18.3 Å². The molecule has 0 aromatic rings. The number of aliphatic hydroxyl groups excluding tert-OH is 1. The lowest BCUT2D eigenvalue weighted by Crippen LogP contribution is -2.51. The molecule has 13 heavy (non-hydrogen) atoms. The molecular formula is C8H12F3NO. The number of aliphatic hydroxyl groups is 1. The maximum atomic E-state index is 12.1. The van der Waals surface area contributed by atoms with Crippen molar-refractivity contribution in [1.29, 1.82) is 0 Å². The number of halogens is 3. The van der Waals surface area contributed by atoms with E-state index in [1.807, 2.05) is 0 Å². The van der Waals surface area contributed by atoms with Gasteiger partial charge in [0.2, 0.25) is 0 Å². The molecule has 2 aliphatic heterocycles. The molecule has 0 unspecified atom stereocenters. The van der Waals surface area contributed by atoms with Gasteiger partial charge in [-0.05, 0) is 18.8 Å². The highest BCUT2D eigenvalue weighted by Crippen LogP contribution is 2.50. The predicted octanol–water partition coefficient (Wildman–Crippen LogP) is 1.01. The summed E-state index contributed by atoms with van der Waals surface area (Å²) in [6, 6.07) is 0. The number of nitrogens with zero attached hydrogens (tertiary/aromatic N) is 1. The van der Waals surface area contributed by atoms with E-state index in [4.69, 9.17) is 5.11 Å². The maximum absolute atomic E-state index is 12.1. The zero-order chi connectivity index (χ0) is 9.69. The fraction of sp³-hybridized carbons (Fsp3) is 1.00. The molecular weight excluding hydrogens is 183 g/mol. The quantitative estimate of drug-likeness (QED) is 0.710. The SMILES string of the molecule is OCC12CC(CN1CC(F)(F)F)C2. The van der Waals surface area contributed by atoms with Gasteiger partial charge in [0, 0.05) is 12.1 Å². The molecule has 1 saturated carbocycles. The summed E-state index contributed by atoms with van der Waals surface area (Å²) >= 11 is 0. The molecule has 2 heterocycles. The molecule has 3 aliphatic rings. The van der Waals surface area contributed by atoms with Gasteiger partial charge in [-0.25, -0.2) is 0 Å². The summed E-state index contributed by atoms with van der Waals surface area (Å²) in [5.41, 5.74) is -0.528. The van der Waals surface area contributed by atoms with Crippen molar-refractivity contribution >= 4 is 0 Å². The van der Waals surface area contributed by atoms with E-state index in [2.05, 4.69) is 0 Å². The minimum absolute atomic E-state index is 0.139. The van der Waals surface area contributed by atoms with Crippen molar-refractivity contribution in [2.45, 2.75) is 24.6 Å². The highest BCUT2D eigenvalue weighted by molar-refractivity contribution is 5.10. The largest absolute Gasteiger partial charge is 0.401 e. The summed E-state index contributed by atoms with van der Waals surface area (Å²) in [6.07, 6.45) is -2.67. The Bertz CT molecular complexity index is 210. The van der Waals surface area contributed by atoms with Crippen LogP contribution < -0.4 is 0 Å². The highest BCUT2D eigenvalue weighted by atomic mass is 19.4. The van der Waals surface area contributed by atoms with Crippen LogP contribution in [0.3, 0.4) is 0 Å². The summed E-state index contributed by atoms with van der Waals surface area (Å²) in [6.45, 7) is -0.510. The molecule has 2 nitrogen and oxygen atoms in total. The van der Waals surface area contributed by atoms with Gasteiger partial charge in [0.05, 0.1) is 13.2 Å². The first kappa shape index (κ1) is 9.27. The molecule has 3 rings (SSSR count). The Kier molecular flexibility index (Phi) is 1.86. The smallest absolute Gasteiger partial charge is 0.394 e. The summed E-state index contributed by atoms with van der Waals surface area (Å²) < 4.78 is 36.2. The van der Waals surface area contributed by atoms with E-state index in [1.165, 1.54) is 4.90 Å². The van der Waals surface area contributed by atoms with Crippen molar-refractivity contribution < 1.29 is 18.3 Å². The van der Waals surface area contributed by atoms with Gasteiger partial charge >= 0.3 is 6.18 Å². The van der Waals surface area contributed by atoms with Gasteiger partial charge in [-0.15, -0.1) is 0 Å². The zero-order valence-electron chi connectivity index (χ0n) is 7.14. The predicted molar refractivity (Wildman–Crippen MR) is 40.2 cm³/mol. The van der Waals surface area contributed by atoms with Crippen LogP contribution in [-0.4, -0.2) is 41.4 Å². The topological polar surface area (TPSA) is 23.5 Å². The number of hydrogen-bond acceptors (Lipinski definition) is 2. The van der Waals surface area contributed by atoms with Crippen molar-refractivity contribution in [3.8, 4) is 0 Å². The lowest BCUT2D eigenvalue weighted by Gasteiger charge is -2.41. The summed E-state index contributed by atoms with van der Waals surface area (Å²) in [7, 11) is 0. The standard InChI is InChI=1S/C8H12F3NO/c9-8(10,11)4-12-3-6-1-7(12,2-6)5-13/h6,13H,1-5H2. The first-order valence-electron chi connectivity index (χ1n) is 4.38. The molecule has 0 atom stereocenters. The third-order valence-corrected chi connectivity index (χ3v) is 3.15. The van der Waals surface area contributed by atoms with Gasteiger partial charge < -0.3 is 5.11 Å². The van der Waals surface area contributed by atoms with Crippen molar-refractivity contribution in [2.75, 3.05) is 19.7 Å². The van der Waals surface area contributed by atoms with E-state index in [1.54, 1.807) is 0 Å². The van der Waals surface area contributed by atoms with Crippen LogP contribution >= 0.6 is 0 Å². The first-order valence-corrected chi connectivity index (χ1v) is 4.38. The molecule has 0 spiro atoms. The van der Waals surface area contributed by atoms with E-state index in [-0.39, 0.29) is 6.61 Å². The van der Waals surface area contributed by atoms with Crippen LogP contribution in [0.2, 0.25) is 0 Å². The van der Waals surface area contributed by atoms with Gasteiger partial charge in [-0.2, -0.15) is 13.2 Å². The van der Waals surface area contributed by atoms with E-state index in [9.17, 15) is 13.2 Å². The van der Waals surface area contributed by atoms with Crippen LogP contribution in [0.15, 0.2) is 0 Å². The average molecular weight is 195 g/mol. The number of alkyl halides is 3. The summed E-state index contributed by atoms with van der Waals surface area (Å²) in [5.74, 6) is 0.384. The Morgan fingerprint density at radius 1 is 1.38 bits per heavy atom. The normalized spacial score (nSPS) is 39.2. The molecule has 1 aliphatic carbocycles. The van der Waals surface area contributed by atoms with Gasteiger partial charge in [-0.1, -0.05) is 0 Å². The molecule has 0 aromatic carbocycles. The monoisotopic (exact) mass is 195 g/mol. The minimum Gasteiger partial charge on any atom is -0.394 e. The van der Waals surface area contributed by atoms with Crippen LogP contribution in [0, 0.1) is 5.92 Å². The van der Waals surface area contributed by atoms with E-state index in [0.717, 1.165) is 12.8 Å². The minimum atomic E-state index is -4.14. The van der Waals surface area contributed by atoms with Crippen molar-refractivity contribution in [1.82, 2.24) is 4.90 Å². The van der Waals surface area contributed by atoms with Gasteiger partial charge in [0.1, 0.15) is 0 Å². The molecule has 2 saturated heterocycles. The highest BCUT2D eigenvalue weighted by Gasteiger charge is 2.57. The molecule has 1 N–H and O–H groups in total. The second kappa shape index (κ2) is 2.60. The second-order valence-corrected chi connectivity index (χ2v) is 4.15. The molecule has 3 fully saturated rings. The molecule has 0 aromatic heterocycles. The van der Waals surface area contributed by atoms with E-state index >= 15 is 0 Å². The molecule has 0 amide bonds. The lowest BCUT2D eigenvalue weighted by atomic mass is 9.74. The average Bonchev–Trinajstić information content (AvgIpc) is 2.35. The number of rotatable bonds is 2. The molecule has 5 heteroatoms. The summed E-state index contributed by atoms with van der Waals surface area (Å²) in [4.78, 5) is 1.39. The Hall–Kier alpha value is -0.290. The van der Waals surface area contributed by atoms with Crippen molar-refractivity contribution in [2.24, 2.45) is 5.92 Å². The molecule has 76 valence electrons. The number of fused-ring (bicyclic) bond motifs is 1. The van der Waals surface area contributed by atoms with Crippen LogP contribution in [0.25, 0.3) is 0 Å². The number of hydrogen-bond donors (Lipinski definition) is 1. The first-order chi connectivity index (χ1) is 5.95. The third kappa shape index (κ3) is 1.44. The Morgan fingerprint density at radius 3 is 2.46 bits per heavy atom. The fourth-order valence-corrected chi connectivity index (χ4v) is 2.59. The zero-order valence-corrected chi connectivity index (χ0v) is 7.14. The van der Waals surface area contributed by atoms with Crippen LogP contribution in [0.4, 0.5) is 13.2 Å². The Balaban J connectivity index is 2.01. The Morgan fingerprint density at radius 2 is 2.00 bits per heavy atom. The van der Waals surface area contributed by atoms with Gasteiger partial charge in [-0.3, -0.25) is 4.90 Å². The van der Waals surface area contributed by atoms with Crippen LogP contribution in [-0.2, 0) is 0 Å². The fourth-order valence-electron chi connectivity index (χ4n) is 2.59. The molecule has 0 radical (unpaired) electrons. The third-order valence-electron chi connectivity index (χ3n) is 3.15. The van der Waals surface area contributed by atoms with Gasteiger partial charge in [0.15, 0.2) is 0 Å². The van der Waals surface area contributed by atoms with E-state index in [0.29, 0.717) is 12.5 Å². The Labute approximate surface area is 74.3 Å². The van der Waals surface area contributed by atoms with Crippen LogP contribution in [0.5, 0.6) is 0 Å². The van der Waals surface area contributed by atoms with Crippen molar-refractivity contribution in [3.63, 3.8) is 0 Å².